The van der Waals surface area contributed by atoms with E-state index in [0.717, 1.165) is 0 Å². The maximum absolute atomic E-state index is 12.1. The fourth-order valence-electron chi connectivity index (χ4n) is 3.00. The molecule has 4 aromatic rings. The average molecular weight is 395 g/mol. The second-order valence-corrected chi connectivity index (χ2v) is 6.36. The number of carbonyl (C=O) groups excluding carboxylic acids is 1. The summed E-state index contributed by atoms with van der Waals surface area (Å²) in [6, 6.07) is 7.73. The molecule has 0 saturated heterocycles. The zero-order valence-corrected chi connectivity index (χ0v) is 15.6. The number of fused-ring (bicyclic) bond motifs is 1. The lowest BCUT2D eigenvalue weighted by Crippen LogP contribution is -2.35. The smallest absolute Gasteiger partial charge is 0.316 e. The van der Waals surface area contributed by atoms with Crippen LogP contribution in [0.5, 0.6) is 0 Å². The predicted octanol–water partition coefficient (Wildman–Crippen LogP) is 1.84. The molecular formula is C19H17N5O5. The van der Waals surface area contributed by atoms with Crippen molar-refractivity contribution in [3.63, 3.8) is 0 Å². The van der Waals surface area contributed by atoms with Crippen LogP contribution in [0, 0.1) is 0 Å². The van der Waals surface area contributed by atoms with Gasteiger partial charge in [0.2, 0.25) is 11.7 Å². The van der Waals surface area contributed by atoms with E-state index in [9.17, 15) is 14.4 Å². The first-order valence-corrected chi connectivity index (χ1v) is 8.93. The van der Waals surface area contributed by atoms with Crippen molar-refractivity contribution in [1.29, 1.82) is 0 Å². The molecule has 1 atom stereocenters. The van der Waals surface area contributed by atoms with Crippen molar-refractivity contribution < 1.29 is 13.7 Å². The van der Waals surface area contributed by atoms with Crippen LogP contribution in [0.3, 0.4) is 0 Å². The summed E-state index contributed by atoms with van der Waals surface area (Å²) in [4.78, 5) is 42.8. The number of aryl methyl sites for hydroxylation is 1. The summed E-state index contributed by atoms with van der Waals surface area (Å²) in [5.41, 5.74) is 0.382. The van der Waals surface area contributed by atoms with Gasteiger partial charge in [-0.2, -0.15) is 4.98 Å². The van der Waals surface area contributed by atoms with Crippen LogP contribution in [0.2, 0.25) is 0 Å². The number of benzene rings is 1. The van der Waals surface area contributed by atoms with Gasteiger partial charge in [0, 0.05) is 12.1 Å². The second kappa shape index (κ2) is 7.23. The molecule has 10 heteroatoms. The van der Waals surface area contributed by atoms with E-state index in [1.54, 1.807) is 44.2 Å². The van der Waals surface area contributed by atoms with Crippen molar-refractivity contribution >= 4 is 16.9 Å². The Bertz CT molecular complexity index is 1300. The van der Waals surface area contributed by atoms with Crippen LogP contribution in [0.15, 0.2) is 55.1 Å². The highest BCUT2D eigenvalue weighted by Crippen LogP contribution is 2.22. The van der Waals surface area contributed by atoms with Crippen molar-refractivity contribution in [2.24, 2.45) is 0 Å². The van der Waals surface area contributed by atoms with E-state index in [1.807, 2.05) is 0 Å². The molecule has 0 spiro atoms. The maximum Gasteiger partial charge on any atom is 0.316 e. The zero-order valence-electron chi connectivity index (χ0n) is 15.6. The highest BCUT2D eigenvalue weighted by molar-refractivity contribution is 5.91. The van der Waals surface area contributed by atoms with E-state index in [2.05, 4.69) is 20.4 Å². The number of carbonyl (C=O) groups is 1. The Morgan fingerprint density at radius 1 is 1.31 bits per heavy atom. The first kappa shape index (κ1) is 18.4. The fourth-order valence-corrected chi connectivity index (χ4v) is 3.00. The van der Waals surface area contributed by atoms with Gasteiger partial charge in [-0.15, -0.1) is 0 Å². The van der Waals surface area contributed by atoms with Gasteiger partial charge in [-0.05, 0) is 44.2 Å². The number of aromatic nitrogens is 4. The molecule has 4 rings (SSSR count). The molecule has 10 nitrogen and oxygen atoms in total. The fraction of sp³-hybridized carbons (Fsp3) is 0.211. The summed E-state index contributed by atoms with van der Waals surface area (Å²) in [7, 11) is 0. The predicted molar refractivity (Wildman–Crippen MR) is 102 cm³/mol. The topological polar surface area (TPSA) is 136 Å². The van der Waals surface area contributed by atoms with Crippen molar-refractivity contribution in [2.45, 2.75) is 26.4 Å². The van der Waals surface area contributed by atoms with Crippen LogP contribution in [-0.2, 0) is 6.54 Å². The van der Waals surface area contributed by atoms with E-state index >= 15 is 0 Å². The number of rotatable bonds is 5. The van der Waals surface area contributed by atoms with Gasteiger partial charge in [-0.25, -0.2) is 0 Å². The van der Waals surface area contributed by atoms with Crippen molar-refractivity contribution in [2.75, 3.05) is 0 Å². The van der Waals surface area contributed by atoms with E-state index in [1.165, 1.54) is 10.8 Å². The number of H-pyrrole nitrogens is 1. The molecule has 0 bridgehead atoms. The van der Waals surface area contributed by atoms with E-state index < -0.39 is 23.1 Å². The lowest BCUT2D eigenvalue weighted by Gasteiger charge is -2.08. The standard InChI is InChI=1S/C19H17N5O5/c1-3-24-13-7-6-11(9-12(13)21-17(26)19(24)27)15-22-18(29-23-15)10(2)20-16(25)14-5-4-8-28-14/h4-10H,3H2,1-2H3,(H,20,25)(H,21,26)/t10-/m0/s1. The Balaban J connectivity index is 1.63. The minimum absolute atomic E-state index is 0.178. The van der Waals surface area contributed by atoms with Crippen molar-refractivity contribution in [3.05, 3.63) is 69.0 Å². The Hall–Kier alpha value is -3.95. The van der Waals surface area contributed by atoms with E-state index in [4.69, 9.17) is 8.94 Å². The largest absolute Gasteiger partial charge is 0.459 e. The van der Waals surface area contributed by atoms with Gasteiger partial charge in [0.05, 0.1) is 17.3 Å². The molecule has 3 heterocycles. The first-order valence-electron chi connectivity index (χ1n) is 8.93. The molecule has 148 valence electrons. The molecule has 29 heavy (non-hydrogen) atoms. The van der Waals surface area contributed by atoms with Crippen LogP contribution in [-0.4, -0.2) is 25.6 Å². The van der Waals surface area contributed by atoms with E-state index in [0.29, 0.717) is 23.1 Å². The Morgan fingerprint density at radius 3 is 2.86 bits per heavy atom. The normalized spacial score (nSPS) is 12.2. The third-order valence-corrected chi connectivity index (χ3v) is 4.45. The van der Waals surface area contributed by atoms with Crippen LogP contribution in [0.1, 0.15) is 36.3 Å². The SMILES string of the molecule is CCn1c(=O)c(=O)[nH]c2cc(-c3noc([C@H](C)NC(=O)c4ccco4)n3)ccc21. The summed E-state index contributed by atoms with van der Waals surface area (Å²) >= 11 is 0. The molecule has 0 fully saturated rings. The monoisotopic (exact) mass is 395 g/mol. The summed E-state index contributed by atoms with van der Waals surface area (Å²) in [5, 5.41) is 6.65. The third-order valence-electron chi connectivity index (χ3n) is 4.45. The van der Waals surface area contributed by atoms with Gasteiger partial charge in [0.1, 0.15) is 6.04 Å². The van der Waals surface area contributed by atoms with Gasteiger partial charge >= 0.3 is 11.1 Å². The molecule has 0 radical (unpaired) electrons. The number of nitrogens with zero attached hydrogens (tertiary/aromatic N) is 3. The number of furan rings is 1. The molecule has 1 aromatic carbocycles. The van der Waals surface area contributed by atoms with Crippen LogP contribution in [0.4, 0.5) is 0 Å². The van der Waals surface area contributed by atoms with Crippen LogP contribution in [0.25, 0.3) is 22.4 Å². The molecule has 0 aliphatic carbocycles. The lowest BCUT2D eigenvalue weighted by atomic mass is 10.2. The maximum atomic E-state index is 12.1. The molecule has 2 N–H and O–H groups in total. The molecule has 1 amide bonds. The molecule has 0 saturated carbocycles. The molecule has 0 unspecified atom stereocenters. The second-order valence-electron chi connectivity index (χ2n) is 6.36. The van der Waals surface area contributed by atoms with Gasteiger partial charge in [0.25, 0.3) is 5.91 Å². The Kier molecular flexibility index (Phi) is 4.59. The summed E-state index contributed by atoms with van der Waals surface area (Å²) < 4.78 is 11.7. The van der Waals surface area contributed by atoms with E-state index in [-0.39, 0.29) is 17.5 Å². The summed E-state index contributed by atoms with van der Waals surface area (Å²) in [6.45, 7) is 3.87. The Morgan fingerprint density at radius 2 is 2.14 bits per heavy atom. The van der Waals surface area contributed by atoms with Crippen LogP contribution < -0.4 is 16.4 Å². The third kappa shape index (κ3) is 3.35. The molecule has 0 aliphatic rings. The molecule has 3 aromatic heterocycles. The highest BCUT2D eigenvalue weighted by atomic mass is 16.5. The summed E-state index contributed by atoms with van der Waals surface area (Å²) in [6.07, 6.45) is 1.41. The average Bonchev–Trinajstić information content (AvgIpc) is 3.41. The molecule has 0 aliphatic heterocycles. The number of amides is 1. The number of nitrogens with one attached hydrogen (secondary N) is 2. The van der Waals surface area contributed by atoms with Gasteiger partial charge < -0.3 is 23.8 Å². The summed E-state index contributed by atoms with van der Waals surface area (Å²) in [5.74, 6) is 0.281. The first-order chi connectivity index (χ1) is 14.0. The van der Waals surface area contributed by atoms with Gasteiger partial charge in [0.15, 0.2) is 5.76 Å². The Labute approximate surface area is 163 Å². The number of hydrogen-bond donors (Lipinski definition) is 2. The van der Waals surface area contributed by atoms with Gasteiger partial charge in [-0.1, -0.05) is 5.16 Å². The van der Waals surface area contributed by atoms with Crippen molar-refractivity contribution in [1.82, 2.24) is 25.0 Å². The molecular weight excluding hydrogens is 378 g/mol. The number of aromatic amines is 1. The quantitative estimate of drug-likeness (QED) is 0.492. The minimum Gasteiger partial charge on any atom is -0.459 e. The van der Waals surface area contributed by atoms with Crippen molar-refractivity contribution in [3.8, 4) is 11.4 Å². The zero-order chi connectivity index (χ0) is 20.5. The minimum atomic E-state index is -0.695. The van der Waals surface area contributed by atoms with Gasteiger partial charge in [-0.3, -0.25) is 14.4 Å². The van der Waals surface area contributed by atoms with Crippen LogP contribution >= 0.6 is 0 Å². The number of hydrogen-bond acceptors (Lipinski definition) is 7. The highest BCUT2D eigenvalue weighted by Gasteiger charge is 2.19. The lowest BCUT2D eigenvalue weighted by molar-refractivity contribution is 0.0904.